The van der Waals surface area contributed by atoms with Crippen LogP contribution >= 0.6 is 11.8 Å². The zero-order valence-corrected chi connectivity index (χ0v) is 18.1. The summed E-state index contributed by atoms with van der Waals surface area (Å²) in [5, 5.41) is 9.24. The van der Waals surface area contributed by atoms with E-state index in [2.05, 4.69) is 38.1 Å². The molecule has 1 aliphatic heterocycles. The molecule has 2 aromatic rings. The number of thioether (sulfide) groups is 1. The minimum absolute atomic E-state index is 0.00317. The summed E-state index contributed by atoms with van der Waals surface area (Å²) >= 11 is 1.66. The Hall–Kier alpha value is -2.47. The van der Waals surface area contributed by atoms with Crippen LogP contribution in [0.15, 0.2) is 48.5 Å². The molecule has 6 heteroatoms. The van der Waals surface area contributed by atoms with Crippen molar-refractivity contribution >= 4 is 23.8 Å². The molecule has 2 aromatic carbocycles. The van der Waals surface area contributed by atoms with Gasteiger partial charge >= 0.3 is 12.1 Å². The highest BCUT2D eigenvalue weighted by Gasteiger charge is 2.42. The first kappa shape index (κ1) is 20.8. The first-order chi connectivity index (χ1) is 14.5. The van der Waals surface area contributed by atoms with Crippen molar-refractivity contribution in [2.45, 2.75) is 44.0 Å². The van der Waals surface area contributed by atoms with Gasteiger partial charge in [-0.05, 0) is 28.2 Å². The number of nitrogens with zero attached hydrogens (tertiary/aromatic N) is 1. The number of carboxylic acids is 1. The third-order valence-electron chi connectivity index (χ3n) is 6.21. The molecule has 5 nitrogen and oxygen atoms in total. The number of benzene rings is 2. The van der Waals surface area contributed by atoms with Crippen molar-refractivity contribution < 1.29 is 19.4 Å². The molecule has 0 bridgehead atoms. The zero-order valence-electron chi connectivity index (χ0n) is 17.3. The van der Waals surface area contributed by atoms with E-state index in [1.807, 2.05) is 24.3 Å². The van der Waals surface area contributed by atoms with Gasteiger partial charge in [0.05, 0.1) is 17.8 Å². The number of carboxylic acid groups (broad SMARTS) is 1. The van der Waals surface area contributed by atoms with Gasteiger partial charge in [0.1, 0.15) is 6.61 Å². The molecule has 4 rings (SSSR count). The number of ether oxygens (including phenoxy) is 1. The van der Waals surface area contributed by atoms with Crippen LogP contribution in [0.5, 0.6) is 0 Å². The Bertz CT molecular complexity index is 901. The maximum Gasteiger partial charge on any atom is 0.411 e. The molecule has 1 fully saturated rings. The standard InChI is InChI=1S/C24H27NO4S/c1-3-15(2)23-25(16(14-30-23)12-22(26)27)24(28)29-13-21-19-10-6-4-8-17(19)18-9-5-7-11-20(18)21/h4-11,15-16,21,23H,3,12-14H2,1-2H3,(H,26,27). The van der Waals surface area contributed by atoms with Crippen LogP contribution in [0.4, 0.5) is 4.79 Å². The lowest BCUT2D eigenvalue weighted by Gasteiger charge is -2.31. The fourth-order valence-electron chi connectivity index (χ4n) is 4.50. The highest BCUT2D eigenvalue weighted by Crippen LogP contribution is 2.45. The summed E-state index contributed by atoms with van der Waals surface area (Å²) in [6, 6.07) is 16.1. The third-order valence-corrected chi connectivity index (χ3v) is 7.83. The minimum atomic E-state index is -0.887. The molecule has 30 heavy (non-hydrogen) atoms. The quantitative estimate of drug-likeness (QED) is 0.689. The number of fused-ring (bicyclic) bond motifs is 3. The smallest absolute Gasteiger partial charge is 0.411 e. The Morgan fingerprint density at radius 1 is 1.13 bits per heavy atom. The van der Waals surface area contributed by atoms with E-state index in [4.69, 9.17) is 4.74 Å². The van der Waals surface area contributed by atoms with Gasteiger partial charge in [-0.15, -0.1) is 11.8 Å². The van der Waals surface area contributed by atoms with Crippen molar-refractivity contribution in [3.63, 3.8) is 0 Å². The van der Waals surface area contributed by atoms with Gasteiger partial charge in [0.15, 0.2) is 0 Å². The molecule has 0 saturated carbocycles. The van der Waals surface area contributed by atoms with Crippen LogP contribution in [-0.2, 0) is 9.53 Å². The molecule has 3 atom stereocenters. The Morgan fingerprint density at radius 3 is 2.30 bits per heavy atom. The molecule has 1 saturated heterocycles. The molecule has 3 unspecified atom stereocenters. The molecule has 158 valence electrons. The molecule has 0 aromatic heterocycles. The van der Waals surface area contributed by atoms with Crippen LogP contribution in [0.25, 0.3) is 11.1 Å². The van der Waals surface area contributed by atoms with E-state index in [9.17, 15) is 14.7 Å². The second-order valence-corrected chi connectivity index (χ2v) is 9.22. The normalized spacial score (nSPS) is 21.2. The maximum absolute atomic E-state index is 13.1. The van der Waals surface area contributed by atoms with Crippen molar-refractivity contribution in [1.82, 2.24) is 4.90 Å². The molecule has 1 heterocycles. The van der Waals surface area contributed by atoms with Crippen molar-refractivity contribution in [1.29, 1.82) is 0 Å². The van der Waals surface area contributed by atoms with E-state index in [1.54, 1.807) is 16.7 Å². The average Bonchev–Trinajstić information content (AvgIpc) is 3.30. The van der Waals surface area contributed by atoms with Gasteiger partial charge < -0.3 is 9.84 Å². The Balaban J connectivity index is 1.54. The van der Waals surface area contributed by atoms with Gasteiger partial charge in [0, 0.05) is 11.7 Å². The number of rotatable bonds is 6. The number of hydrogen-bond donors (Lipinski definition) is 1. The van der Waals surface area contributed by atoms with Crippen molar-refractivity contribution in [3.05, 3.63) is 59.7 Å². The van der Waals surface area contributed by atoms with Crippen LogP contribution < -0.4 is 0 Å². The SMILES string of the molecule is CCC(C)C1SCC(CC(=O)O)N1C(=O)OCC1c2ccccc2-c2ccccc21. The average molecular weight is 426 g/mol. The molecular formula is C24H27NO4S. The summed E-state index contributed by atoms with van der Waals surface area (Å²) in [7, 11) is 0. The fraction of sp³-hybridized carbons (Fsp3) is 0.417. The monoisotopic (exact) mass is 425 g/mol. The number of carbonyl (C=O) groups is 2. The highest BCUT2D eigenvalue weighted by atomic mass is 32.2. The van der Waals surface area contributed by atoms with Gasteiger partial charge in [-0.2, -0.15) is 0 Å². The summed E-state index contributed by atoms with van der Waals surface area (Å²) in [5.41, 5.74) is 4.71. The van der Waals surface area contributed by atoms with Gasteiger partial charge in [0.2, 0.25) is 0 Å². The predicted molar refractivity (Wildman–Crippen MR) is 119 cm³/mol. The van der Waals surface area contributed by atoms with E-state index in [1.165, 1.54) is 22.3 Å². The van der Waals surface area contributed by atoms with Crippen LogP contribution in [0.3, 0.4) is 0 Å². The first-order valence-corrected chi connectivity index (χ1v) is 11.5. The zero-order chi connectivity index (χ0) is 21.3. The van der Waals surface area contributed by atoms with E-state index in [-0.39, 0.29) is 36.3 Å². The Labute approximate surface area is 181 Å². The number of carbonyl (C=O) groups excluding carboxylic acids is 1. The molecule has 0 spiro atoms. The van der Waals surface area contributed by atoms with E-state index in [0.717, 1.165) is 6.42 Å². The third kappa shape index (κ3) is 3.81. The van der Waals surface area contributed by atoms with Gasteiger partial charge in [-0.1, -0.05) is 68.8 Å². The van der Waals surface area contributed by atoms with E-state index in [0.29, 0.717) is 5.75 Å². The highest BCUT2D eigenvalue weighted by molar-refractivity contribution is 8.00. The van der Waals surface area contributed by atoms with E-state index >= 15 is 0 Å². The first-order valence-electron chi connectivity index (χ1n) is 10.5. The van der Waals surface area contributed by atoms with Crippen LogP contribution in [-0.4, -0.2) is 45.8 Å². The van der Waals surface area contributed by atoms with Gasteiger partial charge in [0.25, 0.3) is 0 Å². The lowest BCUT2D eigenvalue weighted by molar-refractivity contribution is -0.138. The van der Waals surface area contributed by atoms with Gasteiger partial charge in [-0.3, -0.25) is 9.69 Å². The Kier molecular flexibility index (Phi) is 6.04. The molecule has 1 N–H and O–H groups in total. The molecule has 0 radical (unpaired) electrons. The summed E-state index contributed by atoms with van der Waals surface area (Å²) in [6.45, 7) is 4.44. The second kappa shape index (κ2) is 8.72. The molecular weight excluding hydrogens is 398 g/mol. The number of hydrogen-bond acceptors (Lipinski definition) is 4. The fourth-order valence-corrected chi connectivity index (χ4v) is 6.14. The lowest BCUT2D eigenvalue weighted by Crippen LogP contribution is -2.45. The minimum Gasteiger partial charge on any atom is -0.481 e. The predicted octanol–water partition coefficient (Wildman–Crippen LogP) is 5.20. The molecule has 1 aliphatic carbocycles. The maximum atomic E-state index is 13.1. The number of amides is 1. The van der Waals surface area contributed by atoms with Crippen molar-refractivity contribution in [2.24, 2.45) is 5.92 Å². The van der Waals surface area contributed by atoms with Crippen LogP contribution in [0.1, 0.15) is 43.7 Å². The van der Waals surface area contributed by atoms with Crippen LogP contribution in [0, 0.1) is 5.92 Å². The van der Waals surface area contributed by atoms with Crippen molar-refractivity contribution in [2.75, 3.05) is 12.4 Å². The summed E-state index contributed by atoms with van der Waals surface area (Å²) < 4.78 is 5.84. The summed E-state index contributed by atoms with van der Waals surface area (Å²) in [4.78, 5) is 26.1. The second-order valence-electron chi connectivity index (χ2n) is 8.07. The topological polar surface area (TPSA) is 66.8 Å². The number of aliphatic carboxylic acids is 1. The van der Waals surface area contributed by atoms with Crippen LogP contribution in [0.2, 0.25) is 0 Å². The van der Waals surface area contributed by atoms with Gasteiger partial charge in [-0.25, -0.2) is 4.79 Å². The summed E-state index contributed by atoms with van der Waals surface area (Å²) in [6.07, 6.45) is 0.466. The molecule has 2 aliphatic rings. The Morgan fingerprint density at radius 2 is 1.73 bits per heavy atom. The van der Waals surface area contributed by atoms with E-state index < -0.39 is 12.1 Å². The largest absolute Gasteiger partial charge is 0.481 e. The summed E-state index contributed by atoms with van der Waals surface area (Å²) in [5.74, 6) is 0.0126. The lowest BCUT2D eigenvalue weighted by atomic mass is 9.98. The molecule has 1 amide bonds. The van der Waals surface area contributed by atoms with Crippen molar-refractivity contribution in [3.8, 4) is 11.1 Å².